The highest BCUT2D eigenvalue weighted by atomic mass is 32.2. The molecule has 36 heavy (non-hydrogen) atoms. The maximum atomic E-state index is 13.3. The van der Waals surface area contributed by atoms with Gasteiger partial charge in [0.25, 0.3) is 0 Å². The van der Waals surface area contributed by atoms with Gasteiger partial charge in [0.2, 0.25) is 5.91 Å². The van der Waals surface area contributed by atoms with Crippen molar-refractivity contribution in [1.29, 1.82) is 0 Å². The molecule has 2 aliphatic rings. The van der Waals surface area contributed by atoms with Gasteiger partial charge in [-0.3, -0.25) is 4.79 Å². The fourth-order valence-corrected chi connectivity index (χ4v) is 6.20. The van der Waals surface area contributed by atoms with E-state index in [2.05, 4.69) is 53.0 Å². The van der Waals surface area contributed by atoms with E-state index in [4.69, 9.17) is 4.74 Å². The summed E-state index contributed by atoms with van der Waals surface area (Å²) in [7, 11) is 0. The maximum Gasteiger partial charge on any atom is 0.225 e. The molecule has 1 fully saturated rings. The first-order chi connectivity index (χ1) is 17.5. The number of anilines is 1. The summed E-state index contributed by atoms with van der Waals surface area (Å²) >= 11 is 1.92. The Balaban J connectivity index is 1.15. The number of benzene rings is 2. The van der Waals surface area contributed by atoms with Crippen molar-refractivity contribution < 1.29 is 9.53 Å². The van der Waals surface area contributed by atoms with Gasteiger partial charge < -0.3 is 14.5 Å². The van der Waals surface area contributed by atoms with Crippen LogP contribution in [0.1, 0.15) is 48.4 Å². The molecule has 7 heteroatoms. The smallest absolute Gasteiger partial charge is 0.225 e. The van der Waals surface area contributed by atoms with Crippen LogP contribution in [0.2, 0.25) is 0 Å². The van der Waals surface area contributed by atoms with E-state index in [-0.39, 0.29) is 17.9 Å². The van der Waals surface area contributed by atoms with Crippen LogP contribution in [0.15, 0.2) is 60.9 Å². The SMILES string of the molecule is CC(Cc1ccc(OCc2ccccc2)cc1)C(=O)N1CCN(c2ncnc3c2[C@H](C)SC3)C(C)C1. The number of hydrogen-bond donors (Lipinski definition) is 0. The zero-order valence-corrected chi connectivity index (χ0v) is 22.1. The Bertz CT molecular complexity index is 1190. The fourth-order valence-electron chi connectivity index (χ4n) is 5.16. The molecule has 2 aliphatic heterocycles. The summed E-state index contributed by atoms with van der Waals surface area (Å²) < 4.78 is 5.90. The average molecular weight is 503 g/mol. The molecule has 6 nitrogen and oxygen atoms in total. The lowest BCUT2D eigenvalue weighted by molar-refractivity contribution is -0.135. The molecule has 0 radical (unpaired) electrons. The van der Waals surface area contributed by atoms with Gasteiger partial charge in [-0.15, -0.1) is 11.8 Å². The van der Waals surface area contributed by atoms with Gasteiger partial charge in [0.1, 0.15) is 24.5 Å². The summed E-state index contributed by atoms with van der Waals surface area (Å²) in [6.45, 7) is 9.25. The van der Waals surface area contributed by atoms with Crippen LogP contribution in [0.4, 0.5) is 5.82 Å². The maximum absolute atomic E-state index is 13.3. The second-order valence-electron chi connectivity index (χ2n) is 9.86. The van der Waals surface area contributed by atoms with Crippen LogP contribution in [0.25, 0.3) is 0 Å². The first-order valence-corrected chi connectivity index (χ1v) is 13.8. The highest BCUT2D eigenvalue weighted by Crippen LogP contribution is 2.44. The van der Waals surface area contributed by atoms with E-state index in [9.17, 15) is 4.79 Å². The second kappa shape index (κ2) is 10.9. The molecule has 0 N–H and O–H groups in total. The standard InChI is InChI=1S/C29H34N4O2S/c1-20(15-23-9-11-25(12-10-23)35-17-24-7-5-4-6-8-24)29(34)32-13-14-33(21(2)16-32)28-27-22(3)36-18-26(27)30-19-31-28/h4-12,19-22H,13-18H2,1-3H3/t20?,21?,22-/m0/s1. The molecule has 2 unspecified atom stereocenters. The zero-order chi connectivity index (χ0) is 25.1. The van der Waals surface area contributed by atoms with Crippen molar-refractivity contribution in [1.82, 2.24) is 14.9 Å². The average Bonchev–Trinajstić information content (AvgIpc) is 3.29. The topological polar surface area (TPSA) is 58.6 Å². The van der Waals surface area contributed by atoms with E-state index in [1.165, 1.54) is 5.56 Å². The van der Waals surface area contributed by atoms with E-state index in [0.29, 0.717) is 11.9 Å². The number of thioether (sulfide) groups is 1. The number of rotatable bonds is 7. The lowest BCUT2D eigenvalue weighted by atomic mass is 9.98. The molecule has 188 valence electrons. The Morgan fingerprint density at radius 2 is 1.83 bits per heavy atom. The molecule has 1 saturated heterocycles. The Morgan fingerprint density at radius 1 is 1.06 bits per heavy atom. The molecule has 3 aromatic rings. The second-order valence-corrected chi connectivity index (χ2v) is 11.2. The number of ether oxygens (including phenoxy) is 1. The summed E-state index contributed by atoms with van der Waals surface area (Å²) in [5.74, 6) is 3.01. The molecular weight excluding hydrogens is 468 g/mol. The normalized spacial score (nSPS) is 20.2. The molecule has 1 aromatic heterocycles. The molecule has 0 bridgehead atoms. The number of aromatic nitrogens is 2. The van der Waals surface area contributed by atoms with Crippen molar-refractivity contribution in [3.05, 3.63) is 83.3 Å². The summed E-state index contributed by atoms with van der Waals surface area (Å²) in [6.07, 6.45) is 2.41. The minimum atomic E-state index is -0.0699. The van der Waals surface area contributed by atoms with Crippen molar-refractivity contribution in [3.63, 3.8) is 0 Å². The Hall–Kier alpha value is -3.06. The third-order valence-corrected chi connectivity index (χ3v) is 8.34. The largest absolute Gasteiger partial charge is 0.489 e. The van der Waals surface area contributed by atoms with Crippen LogP contribution in [-0.2, 0) is 23.6 Å². The third kappa shape index (κ3) is 5.36. The van der Waals surface area contributed by atoms with Gasteiger partial charge in [-0.25, -0.2) is 9.97 Å². The van der Waals surface area contributed by atoms with Crippen molar-refractivity contribution in [2.75, 3.05) is 24.5 Å². The molecule has 3 heterocycles. The van der Waals surface area contributed by atoms with Crippen molar-refractivity contribution in [2.45, 2.75) is 50.8 Å². The number of nitrogens with zero attached hydrogens (tertiary/aromatic N) is 4. The Morgan fingerprint density at radius 3 is 2.58 bits per heavy atom. The highest BCUT2D eigenvalue weighted by molar-refractivity contribution is 7.99. The lowest BCUT2D eigenvalue weighted by Crippen LogP contribution is -2.55. The molecule has 1 amide bonds. The first-order valence-electron chi connectivity index (χ1n) is 12.8. The number of fused-ring (bicyclic) bond motifs is 1. The van der Waals surface area contributed by atoms with E-state index >= 15 is 0 Å². The lowest BCUT2D eigenvalue weighted by Gasteiger charge is -2.42. The van der Waals surface area contributed by atoms with E-state index < -0.39 is 0 Å². The summed E-state index contributed by atoms with van der Waals surface area (Å²) in [6, 6.07) is 18.5. The van der Waals surface area contributed by atoms with Gasteiger partial charge in [-0.1, -0.05) is 49.4 Å². The highest BCUT2D eigenvalue weighted by Gasteiger charge is 2.33. The number of amides is 1. The fraction of sp³-hybridized carbons (Fsp3) is 0.414. The minimum Gasteiger partial charge on any atom is -0.489 e. The molecule has 0 spiro atoms. The van der Waals surface area contributed by atoms with Crippen LogP contribution in [-0.4, -0.2) is 46.5 Å². The minimum absolute atomic E-state index is 0.0699. The van der Waals surface area contributed by atoms with Crippen LogP contribution < -0.4 is 9.64 Å². The molecule has 5 rings (SSSR count). The molecule has 3 atom stereocenters. The number of piperazine rings is 1. The number of carbonyl (C=O) groups excluding carboxylic acids is 1. The van der Waals surface area contributed by atoms with Crippen LogP contribution in [0, 0.1) is 5.92 Å². The van der Waals surface area contributed by atoms with E-state index in [1.807, 2.05) is 53.9 Å². The van der Waals surface area contributed by atoms with Gasteiger partial charge >= 0.3 is 0 Å². The number of hydrogen-bond acceptors (Lipinski definition) is 6. The van der Waals surface area contributed by atoms with Crippen molar-refractivity contribution in [3.8, 4) is 5.75 Å². The van der Waals surface area contributed by atoms with Gasteiger partial charge in [-0.2, -0.15) is 0 Å². The van der Waals surface area contributed by atoms with Gasteiger partial charge in [0, 0.05) is 48.2 Å². The molecule has 2 aromatic carbocycles. The van der Waals surface area contributed by atoms with Crippen molar-refractivity contribution in [2.24, 2.45) is 5.92 Å². The number of carbonyl (C=O) groups is 1. The Kier molecular flexibility index (Phi) is 7.46. The van der Waals surface area contributed by atoms with E-state index in [0.717, 1.165) is 60.2 Å². The van der Waals surface area contributed by atoms with Crippen molar-refractivity contribution >= 4 is 23.5 Å². The van der Waals surface area contributed by atoms with Gasteiger partial charge in [-0.05, 0) is 43.5 Å². The molecular formula is C29H34N4O2S. The van der Waals surface area contributed by atoms with Gasteiger partial charge in [0.05, 0.1) is 5.69 Å². The zero-order valence-electron chi connectivity index (χ0n) is 21.3. The Labute approximate surface area is 218 Å². The predicted octanol–water partition coefficient (Wildman–Crippen LogP) is 5.28. The van der Waals surface area contributed by atoms with Crippen LogP contribution in [0.5, 0.6) is 5.75 Å². The van der Waals surface area contributed by atoms with Gasteiger partial charge in [0.15, 0.2) is 0 Å². The molecule has 0 saturated carbocycles. The summed E-state index contributed by atoms with van der Waals surface area (Å²) in [5, 5.41) is 0.415. The molecule has 0 aliphatic carbocycles. The predicted molar refractivity (Wildman–Crippen MR) is 145 cm³/mol. The van der Waals surface area contributed by atoms with Crippen LogP contribution >= 0.6 is 11.8 Å². The monoisotopic (exact) mass is 502 g/mol. The summed E-state index contributed by atoms with van der Waals surface area (Å²) in [4.78, 5) is 26.9. The first kappa shape index (κ1) is 24.6. The quantitative estimate of drug-likeness (QED) is 0.438. The van der Waals surface area contributed by atoms with Crippen LogP contribution in [0.3, 0.4) is 0 Å². The van der Waals surface area contributed by atoms with E-state index in [1.54, 1.807) is 6.33 Å². The summed E-state index contributed by atoms with van der Waals surface area (Å²) in [5.41, 5.74) is 4.73. The third-order valence-electron chi connectivity index (χ3n) is 7.17.